The zero-order chi connectivity index (χ0) is 20.9. The van der Waals surface area contributed by atoms with E-state index in [1.54, 1.807) is 18.2 Å². The first-order valence-electron chi connectivity index (χ1n) is 9.36. The van der Waals surface area contributed by atoms with Gasteiger partial charge in [-0.2, -0.15) is 5.10 Å². The number of hydrogen-bond donors (Lipinski definition) is 2. The average molecular weight is 369 g/mol. The van der Waals surface area contributed by atoms with Crippen molar-refractivity contribution in [2.75, 3.05) is 13.1 Å². The van der Waals surface area contributed by atoms with Crippen molar-refractivity contribution in [3.63, 3.8) is 0 Å². The number of piperidine rings is 1. The van der Waals surface area contributed by atoms with E-state index >= 15 is 0 Å². The molecule has 0 unspecified atom stereocenters. The summed E-state index contributed by atoms with van der Waals surface area (Å²) in [5, 5.41) is 8.35. The second kappa shape index (κ2) is 7.49. The molecule has 1 aliphatic rings. The van der Waals surface area contributed by atoms with E-state index in [0.717, 1.165) is 31.5 Å². The van der Waals surface area contributed by atoms with E-state index in [-0.39, 0.29) is 28.0 Å². The molecule has 1 atom stereocenters. The van der Waals surface area contributed by atoms with E-state index in [9.17, 15) is 4.79 Å². The topological polar surface area (TPSA) is 72.9 Å². The zero-order valence-electron chi connectivity index (χ0n) is 15.9. The quantitative estimate of drug-likeness (QED) is 0.472. The largest absolute Gasteiger partial charge is 0.366 e. The minimum absolute atomic E-state index is 0.123. The number of aromatic nitrogens is 2. The molecule has 0 bridgehead atoms. The van der Waals surface area contributed by atoms with Gasteiger partial charge in [0.05, 0.1) is 5.56 Å². The van der Waals surface area contributed by atoms with Gasteiger partial charge in [-0.3, -0.25) is 4.79 Å². The van der Waals surface area contributed by atoms with Gasteiger partial charge in [0.15, 0.2) is 0 Å². The monoisotopic (exact) mass is 370 g/mol. The van der Waals surface area contributed by atoms with Gasteiger partial charge in [0.1, 0.15) is 44.7 Å². The number of nitrogens with two attached hydrogens (primary N) is 1. The highest BCUT2D eigenvalue weighted by molar-refractivity contribution is 6.59. The Morgan fingerprint density at radius 3 is 2.38 bits per heavy atom. The molecule has 10 heteroatoms. The van der Waals surface area contributed by atoms with E-state index < -0.39 is 5.91 Å². The lowest BCUT2D eigenvalue weighted by atomic mass is 9.63. The third-order valence-electron chi connectivity index (χ3n) is 5.59. The van der Waals surface area contributed by atoms with Crippen molar-refractivity contribution in [2.45, 2.75) is 18.8 Å². The lowest BCUT2D eigenvalue weighted by Crippen LogP contribution is -2.50. The molecule has 10 radical (unpaired) electrons. The van der Waals surface area contributed by atoms with Gasteiger partial charge in [-0.15, -0.1) is 0 Å². The van der Waals surface area contributed by atoms with Crippen molar-refractivity contribution in [3.8, 4) is 5.69 Å². The zero-order valence-corrected chi connectivity index (χ0v) is 15.9. The van der Waals surface area contributed by atoms with Crippen LogP contribution < -0.4 is 38.5 Å². The highest BCUT2D eigenvalue weighted by atomic mass is 16.1. The smallest absolute Gasteiger partial charge is 0.250 e. The van der Waals surface area contributed by atoms with E-state index in [1.807, 2.05) is 0 Å². The Balaban J connectivity index is 1.96. The van der Waals surface area contributed by atoms with E-state index in [0.29, 0.717) is 27.5 Å². The minimum Gasteiger partial charge on any atom is -0.366 e. The Morgan fingerprint density at radius 2 is 1.79 bits per heavy atom. The van der Waals surface area contributed by atoms with Crippen LogP contribution >= 0.6 is 0 Å². The van der Waals surface area contributed by atoms with Gasteiger partial charge < -0.3 is 11.1 Å². The maximum absolute atomic E-state index is 11.8. The number of nitrogens with one attached hydrogen (secondary N) is 1. The van der Waals surface area contributed by atoms with Crippen molar-refractivity contribution in [3.05, 3.63) is 29.3 Å². The van der Waals surface area contributed by atoms with Crippen LogP contribution in [0.4, 0.5) is 0 Å². The van der Waals surface area contributed by atoms with Crippen LogP contribution in [-0.2, 0) is 0 Å². The Hall–Kier alpha value is -2.34. The molecule has 2 heterocycles. The molecule has 1 fully saturated rings. The molecule has 1 aliphatic heterocycles. The normalized spacial score (nSPS) is 16.9. The number of benzene rings is 2. The highest BCUT2D eigenvalue weighted by Gasteiger charge is 2.24. The van der Waals surface area contributed by atoms with Gasteiger partial charge >= 0.3 is 0 Å². The number of hydrogen-bond acceptors (Lipinski definition) is 3. The first-order chi connectivity index (χ1) is 13.8. The van der Waals surface area contributed by atoms with E-state index in [4.69, 9.17) is 45.0 Å². The molecule has 5 nitrogen and oxygen atoms in total. The van der Waals surface area contributed by atoms with Crippen molar-refractivity contribution >= 4 is 83.5 Å². The van der Waals surface area contributed by atoms with E-state index in [1.165, 1.54) is 4.68 Å². The van der Waals surface area contributed by atoms with Crippen molar-refractivity contribution < 1.29 is 4.79 Å². The van der Waals surface area contributed by atoms with Crippen molar-refractivity contribution in [1.82, 2.24) is 15.1 Å². The van der Waals surface area contributed by atoms with Gasteiger partial charge in [-0.1, -0.05) is 39.5 Å². The van der Waals surface area contributed by atoms with Crippen molar-refractivity contribution in [1.29, 1.82) is 0 Å². The summed E-state index contributed by atoms with van der Waals surface area (Å²) in [4.78, 5) is 11.8. The van der Waals surface area contributed by atoms with Gasteiger partial charge in [0.2, 0.25) is 0 Å². The summed E-state index contributed by atoms with van der Waals surface area (Å²) < 4.78 is 1.37. The second-order valence-corrected chi connectivity index (χ2v) is 7.32. The molecule has 2 aromatic carbocycles. The summed E-state index contributed by atoms with van der Waals surface area (Å²) in [5.74, 6) is -0.488. The van der Waals surface area contributed by atoms with Gasteiger partial charge in [-0.05, 0) is 37.0 Å². The van der Waals surface area contributed by atoms with Crippen LogP contribution in [0.5, 0.6) is 0 Å². The average Bonchev–Trinajstić information content (AvgIpc) is 3.04. The molecule has 0 spiro atoms. The summed E-state index contributed by atoms with van der Waals surface area (Å²) in [6, 6.07) is 5.00. The number of carbonyl (C=O) groups excluding carboxylic acids is 1. The van der Waals surface area contributed by atoms with Crippen LogP contribution in [0.3, 0.4) is 0 Å². The highest BCUT2D eigenvalue weighted by Crippen LogP contribution is 2.20. The molecular weight excluding hydrogens is 354 g/mol. The van der Waals surface area contributed by atoms with Crippen LogP contribution in [0, 0.1) is 0 Å². The van der Waals surface area contributed by atoms with Gasteiger partial charge in [0, 0.05) is 17.6 Å². The number of carbonyl (C=O) groups is 1. The lowest BCUT2D eigenvalue weighted by Gasteiger charge is -2.30. The molecule has 29 heavy (non-hydrogen) atoms. The molecular formula is C19H15B5N4O. The summed E-state index contributed by atoms with van der Waals surface area (Å²) in [5.41, 5.74) is 8.61. The molecule has 3 N–H and O–H groups in total. The van der Waals surface area contributed by atoms with Crippen LogP contribution in [0.25, 0.3) is 16.6 Å². The van der Waals surface area contributed by atoms with E-state index in [2.05, 4.69) is 10.4 Å². The third kappa shape index (κ3) is 3.14. The summed E-state index contributed by atoms with van der Waals surface area (Å²) >= 11 is 0. The lowest BCUT2D eigenvalue weighted by molar-refractivity contribution is 0.100. The van der Waals surface area contributed by atoms with Crippen molar-refractivity contribution in [2.24, 2.45) is 5.73 Å². The Kier molecular flexibility index (Phi) is 5.15. The number of nitrogens with zero attached hydrogens (tertiary/aromatic N) is 2. The summed E-state index contributed by atoms with van der Waals surface area (Å²) in [6.45, 7) is 1.71. The number of amides is 1. The van der Waals surface area contributed by atoms with Crippen LogP contribution in [0.1, 0.15) is 34.7 Å². The standard InChI is InChI=1S/C19H15B5N4O/c20-12-11(8-3-2-6-26-7-8)13(21)15(23)17(14(12)22)28-18(24)9-4-1-5-10(19(25)29)16(9)27-28/h1,4-5,8,26H,2-3,6-7H2,(H2,25,29)/t8-/m1/s1. The molecule has 132 valence electrons. The van der Waals surface area contributed by atoms with Gasteiger partial charge in [0.25, 0.3) is 5.91 Å². The van der Waals surface area contributed by atoms with Crippen LogP contribution in [-0.4, -0.2) is 68.0 Å². The number of rotatable bonds is 3. The predicted molar refractivity (Wildman–Crippen MR) is 121 cm³/mol. The maximum atomic E-state index is 11.8. The number of primary amides is 1. The Bertz CT molecular complexity index is 1110. The molecule has 1 amide bonds. The summed E-state index contributed by atoms with van der Waals surface area (Å²) in [6.07, 6.45) is 1.95. The second-order valence-electron chi connectivity index (χ2n) is 7.32. The fraction of sp³-hybridized carbons (Fsp3) is 0.263. The van der Waals surface area contributed by atoms with Crippen LogP contribution in [0.15, 0.2) is 18.2 Å². The minimum atomic E-state index is -0.611. The molecule has 1 saturated heterocycles. The molecule has 0 aliphatic carbocycles. The number of fused-ring (bicyclic) bond motifs is 1. The predicted octanol–water partition coefficient (Wildman–Crippen LogP) is -3.44. The first kappa shape index (κ1) is 20.0. The first-order valence-corrected chi connectivity index (χ1v) is 9.36. The Morgan fingerprint density at radius 1 is 1.10 bits per heavy atom. The van der Waals surface area contributed by atoms with Crippen LogP contribution in [0.2, 0.25) is 0 Å². The fourth-order valence-electron chi connectivity index (χ4n) is 4.10. The molecule has 1 aromatic heterocycles. The molecule has 3 aromatic rings. The molecule has 0 saturated carbocycles. The SMILES string of the molecule is [B]c1c([B])c(-n2nc3c(C(N)=O)cccc3c2[B])c([B])c([B])c1[C@@H]1CCCNC1. The Labute approximate surface area is 176 Å². The molecule has 4 rings (SSSR count). The summed E-state index contributed by atoms with van der Waals surface area (Å²) in [7, 11) is 31.9. The maximum Gasteiger partial charge on any atom is 0.250 e. The fourth-order valence-corrected chi connectivity index (χ4v) is 4.10. The van der Waals surface area contributed by atoms with Gasteiger partial charge in [-0.25, -0.2) is 4.68 Å². The third-order valence-corrected chi connectivity index (χ3v) is 5.59.